The molecule has 1 heterocycles. The SMILES string of the molecule is Cc1cc(C)c(C(=O)Nc2ccc3c(c2)CN(S(=O)(=O)c2ccc(F)cc2)CC3)c(C)c1. The molecular formula is C25H25FN2O3S. The van der Waals surface area contributed by atoms with Crippen LogP contribution in [0.2, 0.25) is 0 Å². The number of nitrogens with one attached hydrogen (secondary N) is 1. The lowest BCUT2D eigenvalue weighted by molar-refractivity contribution is 0.102. The Bertz CT molecular complexity index is 1280. The molecule has 0 saturated carbocycles. The number of hydrogen-bond donors (Lipinski definition) is 1. The van der Waals surface area contributed by atoms with E-state index in [9.17, 15) is 17.6 Å². The zero-order valence-electron chi connectivity index (χ0n) is 18.3. The van der Waals surface area contributed by atoms with Crippen molar-refractivity contribution in [2.75, 3.05) is 11.9 Å². The van der Waals surface area contributed by atoms with E-state index >= 15 is 0 Å². The lowest BCUT2D eigenvalue weighted by Gasteiger charge is -2.28. The van der Waals surface area contributed by atoms with Crippen molar-refractivity contribution in [2.45, 2.75) is 38.6 Å². The minimum Gasteiger partial charge on any atom is -0.322 e. The second-order valence-electron chi connectivity index (χ2n) is 8.25. The highest BCUT2D eigenvalue weighted by molar-refractivity contribution is 7.89. The van der Waals surface area contributed by atoms with Crippen LogP contribution in [0.5, 0.6) is 0 Å². The Morgan fingerprint density at radius 3 is 2.25 bits per heavy atom. The van der Waals surface area contributed by atoms with Gasteiger partial charge < -0.3 is 5.32 Å². The number of anilines is 1. The molecule has 0 atom stereocenters. The van der Waals surface area contributed by atoms with E-state index in [4.69, 9.17) is 0 Å². The van der Waals surface area contributed by atoms with Crippen molar-refractivity contribution in [3.8, 4) is 0 Å². The Balaban J connectivity index is 1.57. The summed E-state index contributed by atoms with van der Waals surface area (Å²) in [5.41, 5.74) is 6.09. The van der Waals surface area contributed by atoms with Crippen LogP contribution in [0.1, 0.15) is 38.2 Å². The van der Waals surface area contributed by atoms with Gasteiger partial charge in [-0.05, 0) is 85.8 Å². The highest BCUT2D eigenvalue weighted by atomic mass is 32.2. The zero-order valence-corrected chi connectivity index (χ0v) is 19.1. The third kappa shape index (κ3) is 4.31. The Morgan fingerprint density at radius 2 is 1.59 bits per heavy atom. The first kappa shape index (κ1) is 22.2. The Labute approximate surface area is 187 Å². The van der Waals surface area contributed by atoms with Gasteiger partial charge in [-0.2, -0.15) is 4.31 Å². The molecule has 0 unspecified atom stereocenters. The monoisotopic (exact) mass is 452 g/mol. The molecular weight excluding hydrogens is 427 g/mol. The molecule has 0 radical (unpaired) electrons. The van der Waals surface area contributed by atoms with E-state index in [-0.39, 0.29) is 17.3 Å². The van der Waals surface area contributed by atoms with E-state index in [1.165, 1.54) is 16.4 Å². The van der Waals surface area contributed by atoms with Crippen molar-refractivity contribution in [3.05, 3.63) is 93.8 Å². The topological polar surface area (TPSA) is 66.5 Å². The number of fused-ring (bicyclic) bond motifs is 1. The summed E-state index contributed by atoms with van der Waals surface area (Å²) in [7, 11) is -3.74. The molecule has 0 bridgehead atoms. The molecule has 32 heavy (non-hydrogen) atoms. The lowest BCUT2D eigenvalue weighted by Crippen LogP contribution is -2.36. The van der Waals surface area contributed by atoms with Gasteiger partial charge in [0.05, 0.1) is 4.90 Å². The summed E-state index contributed by atoms with van der Waals surface area (Å²) in [6, 6.07) is 14.4. The highest BCUT2D eigenvalue weighted by Crippen LogP contribution is 2.28. The van der Waals surface area contributed by atoms with Gasteiger partial charge in [0.1, 0.15) is 5.82 Å². The van der Waals surface area contributed by atoms with Crippen molar-refractivity contribution in [3.63, 3.8) is 0 Å². The van der Waals surface area contributed by atoms with Crippen LogP contribution in [0.3, 0.4) is 0 Å². The van der Waals surface area contributed by atoms with Gasteiger partial charge in [0, 0.05) is 24.3 Å². The molecule has 1 N–H and O–H groups in total. The molecule has 3 aromatic carbocycles. The van der Waals surface area contributed by atoms with Gasteiger partial charge in [-0.25, -0.2) is 12.8 Å². The predicted octanol–water partition coefficient (Wildman–Crippen LogP) is 4.75. The van der Waals surface area contributed by atoms with Crippen LogP contribution in [0.4, 0.5) is 10.1 Å². The Morgan fingerprint density at radius 1 is 0.938 bits per heavy atom. The van der Waals surface area contributed by atoms with Crippen molar-refractivity contribution >= 4 is 21.6 Å². The van der Waals surface area contributed by atoms with Gasteiger partial charge >= 0.3 is 0 Å². The molecule has 4 rings (SSSR count). The van der Waals surface area contributed by atoms with Crippen LogP contribution in [0.25, 0.3) is 0 Å². The zero-order chi connectivity index (χ0) is 23.0. The van der Waals surface area contributed by atoms with Crippen LogP contribution in [-0.4, -0.2) is 25.2 Å². The summed E-state index contributed by atoms with van der Waals surface area (Å²) in [6.45, 7) is 6.37. The molecule has 7 heteroatoms. The number of nitrogens with zero attached hydrogens (tertiary/aromatic N) is 1. The number of benzene rings is 3. The molecule has 0 fully saturated rings. The van der Waals surface area contributed by atoms with Crippen molar-refractivity contribution in [1.82, 2.24) is 4.31 Å². The molecule has 0 saturated heterocycles. The van der Waals surface area contributed by atoms with E-state index in [1.54, 1.807) is 0 Å². The fourth-order valence-corrected chi connectivity index (χ4v) is 5.72. The molecule has 3 aromatic rings. The first-order chi connectivity index (χ1) is 15.1. The number of amides is 1. The molecule has 0 spiro atoms. The number of carbonyl (C=O) groups excluding carboxylic acids is 1. The molecule has 0 aliphatic carbocycles. The van der Waals surface area contributed by atoms with Gasteiger partial charge in [-0.1, -0.05) is 23.8 Å². The third-order valence-electron chi connectivity index (χ3n) is 5.80. The summed E-state index contributed by atoms with van der Waals surface area (Å²) in [5, 5.41) is 2.95. The number of aryl methyl sites for hydroxylation is 3. The average Bonchev–Trinajstić information content (AvgIpc) is 2.72. The first-order valence-corrected chi connectivity index (χ1v) is 11.9. The third-order valence-corrected chi connectivity index (χ3v) is 7.66. The quantitative estimate of drug-likeness (QED) is 0.621. The van der Waals surface area contributed by atoms with Gasteiger partial charge in [-0.3, -0.25) is 4.79 Å². The van der Waals surface area contributed by atoms with Crippen LogP contribution in [0.15, 0.2) is 59.5 Å². The predicted molar refractivity (Wildman–Crippen MR) is 123 cm³/mol. The van der Waals surface area contributed by atoms with Crippen LogP contribution < -0.4 is 5.32 Å². The normalized spacial score (nSPS) is 14.1. The Kier molecular flexibility index (Phi) is 5.88. The largest absolute Gasteiger partial charge is 0.322 e. The standard InChI is InChI=1S/C25H25FN2O3S/c1-16-12-17(2)24(18(3)13-16)25(29)27-22-7-4-19-10-11-28(15-20(19)14-22)32(30,31)23-8-5-21(26)6-9-23/h4-9,12-14H,10-11,15H2,1-3H3,(H,27,29). The molecule has 166 valence electrons. The number of carbonyl (C=O) groups is 1. The molecule has 5 nitrogen and oxygen atoms in total. The molecule has 1 aliphatic heterocycles. The van der Waals surface area contributed by atoms with Crippen LogP contribution in [0, 0.1) is 26.6 Å². The minimum atomic E-state index is -3.74. The summed E-state index contributed by atoms with van der Waals surface area (Å²) < 4.78 is 40.6. The number of sulfonamides is 1. The van der Waals surface area contributed by atoms with Crippen molar-refractivity contribution < 1.29 is 17.6 Å². The van der Waals surface area contributed by atoms with Crippen LogP contribution in [-0.2, 0) is 23.0 Å². The van der Waals surface area contributed by atoms with Gasteiger partial charge in [0.25, 0.3) is 5.91 Å². The Hall–Kier alpha value is -3.03. The van der Waals surface area contributed by atoms with Gasteiger partial charge in [0.2, 0.25) is 10.0 Å². The minimum absolute atomic E-state index is 0.0668. The van der Waals surface area contributed by atoms with E-state index < -0.39 is 15.8 Å². The molecule has 1 aliphatic rings. The second kappa shape index (κ2) is 8.48. The van der Waals surface area contributed by atoms with E-state index in [0.717, 1.165) is 39.9 Å². The van der Waals surface area contributed by atoms with Gasteiger partial charge in [-0.15, -0.1) is 0 Å². The maximum Gasteiger partial charge on any atom is 0.256 e. The molecule has 1 amide bonds. The van der Waals surface area contributed by atoms with Crippen molar-refractivity contribution in [1.29, 1.82) is 0 Å². The fraction of sp³-hybridized carbons (Fsp3) is 0.240. The molecule has 0 aromatic heterocycles. The van der Waals surface area contributed by atoms with Crippen molar-refractivity contribution in [2.24, 2.45) is 0 Å². The van der Waals surface area contributed by atoms with E-state index in [1.807, 2.05) is 51.1 Å². The van der Waals surface area contributed by atoms with Gasteiger partial charge in [0.15, 0.2) is 0 Å². The average molecular weight is 453 g/mol. The van der Waals surface area contributed by atoms with E-state index in [2.05, 4.69) is 5.32 Å². The summed E-state index contributed by atoms with van der Waals surface area (Å²) in [4.78, 5) is 13.0. The lowest BCUT2D eigenvalue weighted by atomic mass is 9.98. The maximum atomic E-state index is 13.2. The number of halogens is 1. The summed E-state index contributed by atoms with van der Waals surface area (Å²) in [6.07, 6.45) is 0.570. The van der Waals surface area contributed by atoms with E-state index in [0.29, 0.717) is 24.2 Å². The van der Waals surface area contributed by atoms with Crippen LogP contribution >= 0.6 is 0 Å². The fourth-order valence-electron chi connectivity index (χ4n) is 4.30. The number of rotatable bonds is 4. The summed E-state index contributed by atoms with van der Waals surface area (Å²) >= 11 is 0. The summed E-state index contributed by atoms with van der Waals surface area (Å²) in [5.74, 6) is -0.668. The second-order valence-corrected chi connectivity index (χ2v) is 10.2. The highest BCUT2D eigenvalue weighted by Gasteiger charge is 2.28. The first-order valence-electron chi connectivity index (χ1n) is 10.4. The maximum absolute atomic E-state index is 13.2. The smallest absolute Gasteiger partial charge is 0.256 e. The number of hydrogen-bond acceptors (Lipinski definition) is 3.